The van der Waals surface area contributed by atoms with Crippen molar-refractivity contribution in [2.75, 3.05) is 32.7 Å². The van der Waals surface area contributed by atoms with Crippen LogP contribution < -0.4 is 11.2 Å². The number of aliphatic carboxylic acids is 4. The van der Waals surface area contributed by atoms with Crippen LogP contribution in [0.25, 0.3) is 11.2 Å². The van der Waals surface area contributed by atoms with Crippen LogP contribution in [-0.2, 0) is 46.2 Å². The summed E-state index contributed by atoms with van der Waals surface area (Å²) in [4.78, 5) is 73.4. The third-order valence-electron chi connectivity index (χ3n) is 8.53. The van der Waals surface area contributed by atoms with Crippen LogP contribution in [0, 0.1) is 17.6 Å². The molecule has 4 N–H and O–H groups in total. The van der Waals surface area contributed by atoms with E-state index in [1.165, 1.54) is 31.3 Å². The van der Waals surface area contributed by atoms with Gasteiger partial charge in [-0.15, -0.1) is 0 Å². The largest absolute Gasteiger partial charge is 0.478 e. The van der Waals surface area contributed by atoms with Gasteiger partial charge in [0.25, 0.3) is 5.56 Å². The van der Waals surface area contributed by atoms with Crippen molar-refractivity contribution >= 4 is 35.0 Å². The molecule has 300 valence electrons. The van der Waals surface area contributed by atoms with Gasteiger partial charge in [0.05, 0.1) is 6.04 Å². The molecular weight excluding hydrogens is 738 g/mol. The van der Waals surface area contributed by atoms with E-state index in [4.69, 9.17) is 25.4 Å². The normalized spacial score (nSPS) is 13.5. The molecule has 56 heavy (non-hydrogen) atoms. The third kappa shape index (κ3) is 12.7. The van der Waals surface area contributed by atoms with Gasteiger partial charge in [-0.05, 0) is 41.3 Å². The van der Waals surface area contributed by atoms with Gasteiger partial charge in [-0.25, -0.2) is 37.7 Å². The first-order chi connectivity index (χ1) is 26.4. The van der Waals surface area contributed by atoms with Crippen molar-refractivity contribution in [3.63, 3.8) is 0 Å². The molecule has 0 saturated carbocycles. The molecule has 0 atom stereocenters. The number of halogens is 2. The van der Waals surface area contributed by atoms with E-state index in [9.17, 15) is 37.5 Å². The Bertz CT molecular complexity index is 2070. The minimum absolute atomic E-state index is 0.0999. The molecule has 18 heteroatoms. The number of carboxylic acids is 4. The van der Waals surface area contributed by atoms with Crippen molar-refractivity contribution in [3.05, 3.63) is 122 Å². The fourth-order valence-corrected chi connectivity index (χ4v) is 5.92. The second-order valence-electron chi connectivity index (χ2n) is 13.1. The topological polar surface area (TPSA) is 217 Å². The van der Waals surface area contributed by atoms with E-state index in [1.54, 1.807) is 28.8 Å². The predicted octanol–water partition coefficient (Wildman–Crippen LogP) is 2.74. The lowest BCUT2D eigenvalue weighted by molar-refractivity contribution is -0.134. The molecule has 1 aliphatic rings. The molecule has 4 aromatic rings. The number of rotatable bonds is 12. The van der Waals surface area contributed by atoms with E-state index in [-0.39, 0.29) is 34.8 Å². The Balaban J connectivity index is 0.000000441. The smallest absolute Gasteiger partial charge is 0.332 e. The Labute approximate surface area is 319 Å². The van der Waals surface area contributed by atoms with Crippen molar-refractivity contribution < 1.29 is 48.4 Å². The van der Waals surface area contributed by atoms with Crippen LogP contribution in [0.3, 0.4) is 0 Å². The number of nitrogens with zero attached hydrogens (tertiary/aromatic N) is 6. The molecule has 16 nitrogen and oxygen atoms in total. The molecule has 1 fully saturated rings. The van der Waals surface area contributed by atoms with Gasteiger partial charge in [-0.2, -0.15) is 0 Å². The molecular formula is C38H44F2N6O10. The zero-order chi connectivity index (χ0) is 41.7. The molecule has 2 aromatic carbocycles. The van der Waals surface area contributed by atoms with Gasteiger partial charge in [0.1, 0.15) is 17.5 Å². The Hall–Kier alpha value is -6.27. The Morgan fingerprint density at radius 2 is 1.14 bits per heavy atom. The third-order valence-corrected chi connectivity index (χ3v) is 8.53. The summed E-state index contributed by atoms with van der Waals surface area (Å²) in [6.45, 7) is 8.54. The number of hydrogen-bond donors (Lipinski definition) is 4. The number of hydrogen-bond acceptors (Lipinski definition) is 9. The molecule has 5 rings (SSSR count). The van der Waals surface area contributed by atoms with Crippen LogP contribution in [0.1, 0.15) is 36.8 Å². The molecule has 0 aliphatic carbocycles. The highest BCUT2D eigenvalue weighted by atomic mass is 19.1. The lowest BCUT2D eigenvalue weighted by Gasteiger charge is -2.39. The summed E-state index contributed by atoms with van der Waals surface area (Å²) in [5.74, 6) is -4.60. The SMILES string of the molecule is CC(C)Cn1c(=O)n(C)c(=O)c2c1nc(CCN1CCN(C(c3ccc(F)cc3)c3ccc(F)cc3)CC1)n2C.O=C(O)/C=C\C(=O)O.O=C(O)/C=C\C(=O)O. The van der Waals surface area contributed by atoms with Gasteiger partial charge in [0.15, 0.2) is 11.2 Å². The van der Waals surface area contributed by atoms with Crippen molar-refractivity contribution in [3.8, 4) is 0 Å². The molecule has 1 saturated heterocycles. The van der Waals surface area contributed by atoms with Gasteiger partial charge in [0, 0.05) is 84.1 Å². The average molecular weight is 783 g/mol. The highest BCUT2D eigenvalue weighted by molar-refractivity contribution is 5.90. The highest BCUT2D eigenvalue weighted by Crippen LogP contribution is 2.30. The van der Waals surface area contributed by atoms with Crippen LogP contribution in [0.2, 0.25) is 0 Å². The number of piperazine rings is 1. The zero-order valence-electron chi connectivity index (χ0n) is 31.2. The van der Waals surface area contributed by atoms with Crippen molar-refractivity contribution in [2.45, 2.75) is 32.9 Å². The van der Waals surface area contributed by atoms with Crippen LogP contribution in [0.15, 0.2) is 82.4 Å². The minimum Gasteiger partial charge on any atom is -0.478 e. The Morgan fingerprint density at radius 1 is 0.714 bits per heavy atom. The lowest BCUT2D eigenvalue weighted by Crippen LogP contribution is -2.48. The second kappa shape index (κ2) is 20.4. The first kappa shape index (κ1) is 44.1. The van der Waals surface area contributed by atoms with Gasteiger partial charge in [-0.3, -0.25) is 18.8 Å². The summed E-state index contributed by atoms with van der Waals surface area (Å²) in [5, 5.41) is 31.2. The summed E-state index contributed by atoms with van der Waals surface area (Å²) in [6.07, 6.45) is 2.87. The van der Waals surface area contributed by atoms with E-state index in [0.29, 0.717) is 48.4 Å². The summed E-state index contributed by atoms with van der Waals surface area (Å²) in [6, 6.07) is 12.9. The van der Waals surface area contributed by atoms with Gasteiger partial charge < -0.3 is 29.9 Å². The second-order valence-corrected chi connectivity index (χ2v) is 13.1. The first-order valence-corrected chi connectivity index (χ1v) is 17.3. The number of carboxylic acid groups (broad SMARTS) is 4. The molecule has 2 aromatic heterocycles. The number of carbonyl (C=O) groups is 4. The van der Waals surface area contributed by atoms with Crippen molar-refractivity contribution in [2.24, 2.45) is 20.0 Å². The summed E-state index contributed by atoms with van der Waals surface area (Å²) >= 11 is 0. The van der Waals surface area contributed by atoms with Crippen LogP contribution in [-0.4, -0.2) is 106 Å². The Kier molecular flexibility index (Phi) is 16.1. The molecule has 0 spiro atoms. The minimum atomic E-state index is -1.26. The van der Waals surface area contributed by atoms with Crippen molar-refractivity contribution in [1.29, 1.82) is 0 Å². The van der Waals surface area contributed by atoms with E-state index in [0.717, 1.165) is 54.2 Å². The lowest BCUT2D eigenvalue weighted by atomic mass is 9.96. The number of aromatic nitrogens is 4. The molecule has 3 heterocycles. The van der Waals surface area contributed by atoms with Gasteiger partial charge >= 0.3 is 29.6 Å². The van der Waals surface area contributed by atoms with Crippen LogP contribution >= 0.6 is 0 Å². The van der Waals surface area contributed by atoms with Crippen LogP contribution in [0.5, 0.6) is 0 Å². The molecule has 0 bridgehead atoms. The monoisotopic (exact) mass is 782 g/mol. The predicted molar refractivity (Wildman–Crippen MR) is 200 cm³/mol. The molecule has 0 amide bonds. The quantitative estimate of drug-likeness (QED) is 0.152. The fraction of sp³-hybridized carbons (Fsp3) is 0.342. The van der Waals surface area contributed by atoms with E-state index in [2.05, 4.69) is 9.80 Å². The molecule has 1 aliphatic heterocycles. The highest BCUT2D eigenvalue weighted by Gasteiger charge is 2.27. The van der Waals surface area contributed by atoms with Gasteiger partial charge in [0.2, 0.25) is 0 Å². The van der Waals surface area contributed by atoms with Gasteiger partial charge in [-0.1, -0.05) is 38.1 Å². The fourth-order valence-electron chi connectivity index (χ4n) is 5.92. The summed E-state index contributed by atoms with van der Waals surface area (Å²) in [7, 11) is 3.35. The number of fused-ring (bicyclic) bond motifs is 1. The van der Waals surface area contributed by atoms with E-state index < -0.39 is 23.9 Å². The molecule has 0 radical (unpaired) electrons. The summed E-state index contributed by atoms with van der Waals surface area (Å²) < 4.78 is 31.9. The van der Waals surface area contributed by atoms with Crippen LogP contribution in [0.4, 0.5) is 8.78 Å². The average Bonchev–Trinajstić information content (AvgIpc) is 3.48. The first-order valence-electron chi connectivity index (χ1n) is 17.3. The number of aryl methyl sites for hydroxylation is 1. The standard InChI is InChI=1S/C30H36F2N6O2.2C4H4O4/c1-20(2)19-38-28-27(29(39)35(4)30(38)40)34(3)25(33-28)13-14-36-15-17-37(18-16-36)26(21-5-9-23(31)10-6-21)22-7-11-24(32)12-8-22;2*5-3(6)1-2-4(7)8/h5-12,20,26H,13-19H2,1-4H3;2*1-2H,(H,5,6)(H,7,8)/b;2*2-1-. The Morgan fingerprint density at radius 3 is 1.54 bits per heavy atom. The maximum Gasteiger partial charge on any atom is 0.332 e. The van der Waals surface area contributed by atoms with E-state index in [1.807, 2.05) is 25.5 Å². The number of imidazole rings is 1. The van der Waals surface area contributed by atoms with Crippen molar-refractivity contribution in [1.82, 2.24) is 28.5 Å². The maximum atomic E-state index is 13.6. The maximum absolute atomic E-state index is 13.6. The zero-order valence-corrected chi connectivity index (χ0v) is 31.2. The summed E-state index contributed by atoms with van der Waals surface area (Å²) in [5.41, 5.74) is 2.16. The van der Waals surface area contributed by atoms with E-state index >= 15 is 0 Å². The molecule has 0 unspecified atom stereocenters. The number of benzene rings is 2.